The number of dihydropyridines is 1. The van der Waals surface area contributed by atoms with Gasteiger partial charge in [-0.1, -0.05) is 26.0 Å². The fourth-order valence-electron chi connectivity index (χ4n) is 4.26. The van der Waals surface area contributed by atoms with Crippen LogP contribution in [0.5, 0.6) is 11.5 Å². The summed E-state index contributed by atoms with van der Waals surface area (Å²) >= 11 is 1.54. The molecule has 2 aromatic carbocycles. The number of nitrogens with zero attached hydrogens (tertiary/aromatic N) is 1. The van der Waals surface area contributed by atoms with Crippen molar-refractivity contribution in [3.8, 4) is 11.5 Å². The van der Waals surface area contributed by atoms with Crippen LogP contribution in [0.2, 0.25) is 0 Å². The van der Waals surface area contributed by atoms with Crippen molar-refractivity contribution in [3.63, 3.8) is 0 Å². The maximum atomic E-state index is 13.7. The number of carbonyl (C=O) groups is 1. The van der Waals surface area contributed by atoms with Crippen LogP contribution in [-0.2, 0) is 11.4 Å². The van der Waals surface area contributed by atoms with E-state index in [1.54, 1.807) is 36.2 Å². The third kappa shape index (κ3) is 5.46. The van der Waals surface area contributed by atoms with Crippen molar-refractivity contribution < 1.29 is 28.2 Å². The van der Waals surface area contributed by atoms with E-state index in [-0.39, 0.29) is 18.3 Å². The summed E-state index contributed by atoms with van der Waals surface area (Å²) < 4.78 is 38.6. The van der Waals surface area contributed by atoms with Crippen LogP contribution in [0, 0.1) is 11.6 Å². The molecule has 5 rings (SSSR count). The van der Waals surface area contributed by atoms with Gasteiger partial charge in [0.25, 0.3) is 0 Å². The van der Waals surface area contributed by atoms with Crippen LogP contribution in [0.4, 0.5) is 8.78 Å². The minimum Gasteiger partial charge on any atom is -0.487 e. The molecule has 1 atom stereocenters. The molecule has 0 bridgehead atoms. The van der Waals surface area contributed by atoms with Gasteiger partial charge in [-0.2, -0.15) is 0 Å². The normalized spacial score (nSPS) is 16.5. The molecule has 6 nitrogen and oxygen atoms in total. The fourth-order valence-corrected chi connectivity index (χ4v) is 5.75. The molecule has 0 amide bonds. The van der Waals surface area contributed by atoms with Gasteiger partial charge in [0.1, 0.15) is 24.4 Å². The molecule has 2 aliphatic rings. The van der Waals surface area contributed by atoms with Crippen LogP contribution >= 0.6 is 11.8 Å². The van der Waals surface area contributed by atoms with Gasteiger partial charge >= 0.3 is 5.97 Å². The smallest absolute Gasteiger partial charge is 0.304 e. The molecule has 2 aliphatic heterocycles. The summed E-state index contributed by atoms with van der Waals surface area (Å²) in [6.45, 7) is 3.94. The van der Waals surface area contributed by atoms with Crippen LogP contribution in [0.25, 0.3) is 10.9 Å². The van der Waals surface area contributed by atoms with Gasteiger partial charge in [-0.3, -0.25) is 4.79 Å². The van der Waals surface area contributed by atoms with Crippen molar-refractivity contribution in [1.82, 2.24) is 10.3 Å². The molecule has 0 spiro atoms. The fraction of sp³-hybridized carbons (Fsp3) is 0.214. The Hall–Kier alpha value is -3.85. The summed E-state index contributed by atoms with van der Waals surface area (Å²) in [6, 6.07) is 11.1. The second-order valence-electron chi connectivity index (χ2n) is 9.35. The molecule has 1 unspecified atom stereocenters. The van der Waals surface area contributed by atoms with Crippen molar-refractivity contribution in [1.29, 1.82) is 0 Å². The first-order chi connectivity index (χ1) is 17.7. The summed E-state index contributed by atoms with van der Waals surface area (Å²) in [5, 5.41) is 12.9. The zero-order valence-electron chi connectivity index (χ0n) is 20.1. The van der Waals surface area contributed by atoms with Crippen LogP contribution in [-0.4, -0.2) is 20.8 Å². The van der Waals surface area contributed by atoms with Crippen molar-refractivity contribution in [2.45, 2.75) is 36.9 Å². The average molecular weight is 523 g/mol. The molecule has 190 valence electrons. The molecule has 9 heteroatoms. The Labute approximate surface area is 216 Å². The first kappa shape index (κ1) is 24.8. The van der Waals surface area contributed by atoms with Gasteiger partial charge in [-0.25, -0.2) is 13.8 Å². The molecule has 0 fully saturated rings. The van der Waals surface area contributed by atoms with Crippen LogP contribution < -0.4 is 14.8 Å². The molecule has 0 radical (unpaired) electrons. The van der Waals surface area contributed by atoms with E-state index in [0.717, 1.165) is 29.0 Å². The Balaban J connectivity index is 1.44. The van der Waals surface area contributed by atoms with E-state index in [2.05, 4.69) is 10.3 Å². The number of halogens is 2. The molecular formula is C28H24F2N2O4S. The summed E-state index contributed by atoms with van der Waals surface area (Å²) in [5.74, 6) is -1.52. The first-order valence-electron chi connectivity index (χ1n) is 11.6. The van der Waals surface area contributed by atoms with Gasteiger partial charge in [-0.05, 0) is 42.0 Å². The maximum Gasteiger partial charge on any atom is 0.304 e. The number of ether oxygens (including phenoxy) is 2. The topological polar surface area (TPSA) is 80.7 Å². The molecular weight excluding hydrogens is 498 g/mol. The predicted octanol–water partition coefficient (Wildman–Crippen LogP) is 6.40. The van der Waals surface area contributed by atoms with Gasteiger partial charge in [0.15, 0.2) is 11.6 Å². The van der Waals surface area contributed by atoms with Gasteiger partial charge in [0.05, 0.1) is 28.6 Å². The minimum atomic E-state index is -0.951. The second kappa shape index (κ2) is 9.89. The third-order valence-electron chi connectivity index (χ3n) is 5.96. The van der Waals surface area contributed by atoms with Crippen molar-refractivity contribution >= 4 is 28.6 Å². The highest BCUT2D eigenvalue weighted by molar-refractivity contribution is 8.01. The Morgan fingerprint density at radius 3 is 2.81 bits per heavy atom. The number of hydrogen-bond acceptors (Lipinski definition) is 6. The number of aliphatic carboxylic acids is 1. The number of nitrogens with one attached hydrogen (secondary N) is 1. The maximum absolute atomic E-state index is 13.7. The number of aromatic nitrogens is 1. The van der Waals surface area contributed by atoms with Gasteiger partial charge in [0.2, 0.25) is 0 Å². The van der Waals surface area contributed by atoms with E-state index in [0.29, 0.717) is 28.1 Å². The van der Waals surface area contributed by atoms with Gasteiger partial charge in [-0.15, -0.1) is 11.8 Å². The number of pyridine rings is 1. The van der Waals surface area contributed by atoms with Gasteiger partial charge in [0, 0.05) is 28.0 Å². The zero-order chi connectivity index (χ0) is 26.2. The number of carboxylic acids is 1. The summed E-state index contributed by atoms with van der Waals surface area (Å²) in [5.41, 5.74) is 3.52. The van der Waals surface area contributed by atoms with Crippen LogP contribution in [0.15, 0.2) is 78.3 Å². The average Bonchev–Trinajstić information content (AvgIpc) is 2.99. The number of carboxylic acid groups (broad SMARTS) is 1. The monoisotopic (exact) mass is 522 g/mol. The zero-order valence-corrected chi connectivity index (χ0v) is 20.9. The summed E-state index contributed by atoms with van der Waals surface area (Å²) in [6.07, 6.45) is 7.35. The quantitative estimate of drug-likeness (QED) is 0.372. The molecule has 3 heterocycles. The van der Waals surface area contributed by atoms with Gasteiger partial charge < -0.3 is 19.9 Å². The van der Waals surface area contributed by atoms with Crippen molar-refractivity contribution in [3.05, 3.63) is 101 Å². The number of allylic oxidation sites excluding steroid dienone is 3. The number of hydrogen-bond donors (Lipinski definition) is 2. The highest BCUT2D eigenvalue weighted by Crippen LogP contribution is 2.51. The lowest BCUT2D eigenvalue weighted by Gasteiger charge is -2.31. The molecule has 3 aromatic rings. The van der Waals surface area contributed by atoms with Crippen molar-refractivity contribution in [2.24, 2.45) is 0 Å². The van der Waals surface area contributed by atoms with E-state index in [1.807, 2.05) is 44.3 Å². The highest BCUT2D eigenvalue weighted by Gasteiger charge is 2.34. The molecule has 0 saturated carbocycles. The Kier molecular flexibility index (Phi) is 6.64. The number of rotatable bonds is 7. The summed E-state index contributed by atoms with van der Waals surface area (Å²) in [4.78, 5) is 15.9. The van der Waals surface area contributed by atoms with E-state index in [4.69, 9.17) is 9.47 Å². The number of fused-ring (bicyclic) bond motifs is 3. The Bertz CT molecular complexity index is 1480. The van der Waals surface area contributed by atoms with E-state index >= 15 is 0 Å². The molecule has 0 aliphatic carbocycles. The second-order valence-corrected chi connectivity index (χ2v) is 11.2. The first-order valence-corrected chi connectivity index (χ1v) is 12.5. The largest absolute Gasteiger partial charge is 0.487 e. The van der Waals surface area contributed by atoms with E-state index in [1.165, 1.54) is 0 Å². The lowest BCUT2D eigenvalue weighted by atomic mass is 10.00. The molecule has 0 saturated heterocycles. The lowest BCUT2D eigenvalue weighted by Crippen LogP contribution is -2.23. The molecule has 1 aromatic heterocycles. The number of benzene rings is 2. The van der Waals surface area contributed by atoms with E-state index in [9.17, 15) is 18.7 Å². The standard InChI is InChI=1S/C28H24F2N2O4S/c1-28(2,13-26(33)34)37-27-19-4-3-9-31-24(19)15-36-25-8-7-18(11-20(25)27)35-14-17-6-5-16-10-21(29)22(30)12-23(16)32-17/h3-12,15,27,31H,13-14H2,1-2H3,(H,33,34). The molecule has 37 heavy (non-hydrogen) atoms. The van der Waals surface area contributed by atoms with Crippen LogP contribution in [0.1, 0.15) is 36.8 Å². The van der Waals surface area contributed by atoms with Crippen molar-refractivity contribution in [2.75, 3.05) is 0 Å². The highest BCUT2D eigenvalue weighted by atomic mass is 32.2. The minimum absolute atomic E-state index is 0.00568. The Morgan fingerprint density at radius 2 is 2.00 bits per heavy atom. The Morgan fingerprint density at radius 1 is 1.19 bits per heavy atom. The predicted molar refractivity (Wildman–Crippen MR) is 138 cm³/mol. The third-order valence-corrected chi connectivity index (χ3v) is 7.49. The SMILES string of the molecule is CC(C)(CC(=O)O)SC1C2=CC=CNC2=COc2ccc(OCc3ccc4cc(F)c(F)cc4n3)cc21. The van der Waals surface area contributed by atoms with E-state index < -0.39 is 22.4 Å². The lowest BCUT2D eigenvalue weighted by molar-refractivity contribution is -0.137. The number of thioether (sulfide) groups is 1. The van der Waals surface area contributed by atoms with Crippen LogP contribution in [0.3, 0.4) is 0 Å². The summed E-state index contributed by atoms with van der Waals surface area (Å²) in [7, 11) is 0. The molecule has 2 N–H and O–H groups in total.